The lowest BCUT2D eigenvalue weighted by atomic mass is 10.1. The number of rotatable bonds is 4. The molecule has 142 valence electrons. The van der Waals surface area contributed by atoms with E-state index >= 15 is 0 Å². The van der Waals surface area contributed by atoms with Gasteiger partial charge in [-0.1, -0.05) is 19.1 Å². The van der Waals surface area contributed by atoms with Gasteiger partial charge in [-0.2, -0.15) is 0 Å². The lowest BCUT2D eigenvalue weighted by Gasteiger charge is -2.34. The molecular weight excluding hydrogens is 338 g/mol. The molecule has 0 atom stereocenters. The molecule has 5 heteroatoms. The summed E-state index contributed by atoms with van der Waals surface area (Å²) >= 11 is 0. The average molecular weight is 365 g/mol. The lowest BCUT2D eigenvalue weighted by Crippen LogP contribution is -2.48. The quantitative estimate of drug-likeness (QED) is 0.904. The molecule has 1 fully saturated rings. The van der Waals surface area contributed by atoms with E-state index in [0.717, 1.165) is 49.5 Å². The Morgan fingerprint density at radius 3 is 2.19 bits per heavy atom. The second kappa shape index (κ2) is 8.35. The summed E-state index contributed by atoms with van der Waals surface area (Å²) in [6.45, 7) is 10.4. The third kappa shape index (κ3) is 4.74. The fraction of sp³-hybridized carbons (Fsp3) is 0.364. The SMILES string of the molecule is CCN1CCN(C(=O)c2cccc(C(=O)Nc3cc(C)cc(C)c3)c2)CC1. The second-order valence-corrected chi connectivity index (χ2v) is 7.14. The number of hydrogen-bond donors (Lipinski definition) is 1. The van der Waals surface area contributed by atoms with Gasteiger partial charge in [0.2, 0.25) is 0 Å². The number of nitrogens with zero attached hydrogens (tertiary/aromatic N) is 2. The first-order valence-corrected chi connectivity index (χ1v) is 9.47. The summed E-state index contributed by atoms with van der Waals surface area (Å²) in [7, 11) is 0. The molecule has 1 N–H and O–H groups in total. The molecule has 1 heterocycles. The number of piperazine rings is 1. The molecule has 0 spiro atoms. The standard InChI is InChI=1S/C22H27N3O2/c1-4-24-8-10-25(11-9-24)22(27)19-7-5-6-18(15-19)21(26)23-20-13-16(2)12-17(3)14-20/h5-7,12-15H,4,8-11H2,1-3H3,(H,23,26). The molecule has 0 aromatic heterocycles. The Bertz CT molecular complexity index is 819. The van der Waals surface area contributed by atoms with Crippen molar-refractivity contribution >= 4 is 17.5 Å². The average Bonchev–Trinajstić information content (AvgIpc) is 2.67. The van der Waals surface area contributed by atoms with Crippen molar-refractivity contribution in [1.82, 2.24) is 9.80 Å². The van der Waals surface area contributed by atoms with Crippen molar-refractivity contribution in [3.05, 3.63) is 64.7 Å². The fourth-order valence-corrected chi connectivity index (χ4v) is 3.49. The number of nitrogens with one attached hydrogen (secondary N) is 1. The van der Waals surface area contributed by atoms with E-state index in [9.17, 15) is 9.59 Å². The minimum Gasteiger partial charge on any atom is -0.336 e. The number of aryl methyl sites for hydroxylation is 2. The number of hydrogen-bond acceptors (Lipinski definition) is 3. The van der Waals surface area contributed by atoms with Gasteiger partial charge in [0.15, 0.2) is 0 Å². The van der Waals surface area contributed by atoms with Gasteiger partial charge in [0.25, 0.3) is 11.8 Å². The highest BCUT2D eigenvalue weighted by molar-refractivity contribution is 6.06. The molecule has 0 bridgehead atoms. The Balaban J connectivity index is 1.71. The zero-order valence-corrected chi connectivity index (χ0v) is 16.3. The molecule has 0 aliphatic carbocycles. The third-order valence-electron chi connectivity index (χ3n) is 4.96. The van der Waals surface area contributed by atoms with Crippen LogP contribution in [-0.4, -0.2) is 54.3 Å². The van der Waals surface area contributed by atoms with E-state index in [1.54, 1.807) is 24.3 Å². The van der Waals surface area contributed by atoms with Gasteiger partial charge in [-0.15, -0.1) is 0 Å². The van der Waals surface area contributed by atoms with Gasteiger partial charge in [0.1, 0.15) is 0 Å². The number of likely N-dealkylation sites (N-methyl/N-ethyl adjacent to an activating group) is 1. The number of carbonyl (C=O) groups excluding carboxylic acids is 2. The molecule has 1 saturated heterocycles. The maximum absolute atomic E-state index is 12.8. The fourth-order valence-electron chi connectivity index (χ4n) is 3.49. The zero-order chi connectivity index (χ0) is 19.4. The Hall–Kier alpha value is -2.66. The number of anilines is 1. The molecular formula is C22H27N3O2. The highest BCUT2D eigenvalue weighted by Gasteiger charge is 2.22. The van der Waals surface area contributed by atoms with Gasteiger partial charge in [-0.25, -0.2) is 0 Å². The minimum absolute atomic E-state index is 0.00759. The summed E-state index contributed by atoms with van der Waals surface area (Å²) in [5, 5.41) is 2.93. The van der Waals surface area contributed by atoms with Crippen LogP contribution in [0.4, 0.5) is 5.69 Å². The van der Waals surface area contributed by atoms with Crippen molar-refractivity contribution in [2.45, 2.75) is 20.8 Å². The van der Waals surface area contributed by atoms with Crippen molar-refractivity contribution in [1.29, 1.82) is 0 Å². The Labute approximate surface area is 161 Å². The van der Waals surface area contributed by atoms with Gasteiger partial charge in [-0.05, 0) is 61.9 Å². The monoisotopic (exact) mass is 365 g/mol. The van der Waals surface area contributed by atoms with E-state index < -0.39 is 0 Å². The molecule has 3 rings (SSSR count). The lowest BCUT2D eigenvalue weighted by molar-refractivity contribution is 0.0643. The molecule has 0 saturated carbocycles. The smallest absolute Gasteiger partial charge is 0.255 e. The van der Waals surface area contributed by atoms with Crippen LogP contribution in [0.2, 0.25) is 0 Å². The normalized spacial score (nSPS) is 14.9. The summed E-state index contributed by atoms with van der Waals surface area (Å²) in [5.41, 5.74) is 4.02. The van der Waals surface area contributed by atoms with E-state index in [1.807, 2.05) is 30.9 Å². The molecule has 1 aliphatic rings. The first-order valence-electron chi connectivity index (χ1n) is 9.47. The van der Waals surface area contributed by atoms with E-state index in [4.69, 9.17) is 0 Å². The van der Waals surface area contributed by atoms with Crippen LogP contribution >= 0.6 is 0 Å². The van der Waals surface area contributed by atoms with Gasteiger partial charge < -0.3 is 15.1 Å². The van der Waals surface area contributed by atoms with Crippen molar-refractivity contribution in [3.8, 4) is 0 Å². The van der Waals surface area contributed by atoms with Crippen LogP contribution in [0, 0.1) is 13.8 Å². The van der Waals surface area contributed by atoms with E-state index in [0.29, 0.717) is 11.1 Å². The van der Waals surface area contributed by atoms with Crippen LogP contribution in [0.5, 0.6) is 0 Å². The third-order valence-corrected chi connectivity index (χ3v) is 4.96. The summed E-state index contributed by atoms with van der Waals surface area (Å²) in [4.78, 5) is 29.6. The summed E-state index contributed by atoms with van der Waals surface area (Å²) in [5.74, 6) is -0.211. The minimum atomic E-state index is -0.203. The Morgan fingerprint density at radius 1 is 0.926 bits per heavy atom. The number of amides is 2. The molecule has 27 heavy (non-hydrogen) atoms. The highest BCUT2D eigenvalue weighted by atomic mass is 16.2. The van der Waals surface area contributed by atoms with E-state index in [2.05, 4.69) is 23.2 Å². The van der Waals surface area contributed by atoms with Crippen molar-refractivity contribution < 1.29 is 9.59 Å². The van der Waals surface area contributed by atoms with Crippen molar-refractivity contribution in [2.75, 3.05) is 38.0 Å². The molecule has 2 aromatic carbocycles. The predicted molar refractivity (Wildman–Crippen MR) is 108 cm³/mol. The van der Waals surface area contributed by atoms with Gasteiger partial charge in [0.05, 0.1) is 0 Å². The van der Waals surface area contributed by atoms with Crippen LogP contribution in [0.15, 0.2) is 42.5 Å². The highest BCUT2D eigenvalue weighted by Crippen LogP contribution is 2.16. The first-order chi connectivity index (χ1) is 13.0. The predicted octanol–water partition coefficient (Wildman–Crippen LogP) is 3.33. The van der Waals surface area contributed by atoms with Crippen LogP contribution in [0.1, 0.15) is 38.8 Å². The molecule has 0 radical (unpaired) electrons. The first kappa shape index (κ1) is 19.1. The molecule has 1 aliphatic heterocycles. The number of benzene rings is 2. The van der Waals surface area contributed by atoms with Gasteiger partial charge >= 0.3 is 0 Å². The summed E-state index contributed by atoms with van der Waals surface area (Å²) in [6, 6.07) is 12.9. The number of carbonyl (C=O) groups is 2. The van der Waals surface area contributed by atoms with E-state index in [-0.39, 0.29) is 11.8 Å². The van der Waals surface area contributed by atoms with Gasteiger partial charge in [0, 0.05) is 43.0 Å². The second-order valence-electron chi connectivity index (χ2n) is 7.14. The zero-order valence-electron chi connectivity index (χ0n) is 16.3. The summed E-state index contributed by atoms with van der Waals surface area (Å²) in [6.07, 6.45) is 0. The summed E-state index contributed by atoms with van der Waals surface area (Å²) < 4.78 is 0. The molecule has 0 unspecified atom stereocenters. The maximum Gasteiger partial charge on any atom is 0.255 e. The van der Waals surface area contributed by atoms with Gasteiger partial charge in [-0.3, -0.25) is 9.59 Å². The molecule has 2 amide bonds. The van der Waals surface area contributed by atoms with Crippen molar-refractivity contribution in [2.24, 2.45) is 0 Å². The van der Waals surface area contributed by atoms with Crippen LogP contribution < -0.4 is 5.32 Å². The molecule has 5 nitrogen and oxygen atoms in total. The van der Waals surface area contributed by atoms with Crippen molar-refractivity contribution in [3.63, 3.8) is 0 Å². The van der Waals surface area contributed by atoms with Crippen LogP contribution in [-0.2, 0) is 0 Å². The Kier molecular flexibility index (Phi) is 5.91. The molecule has 2 aromatic rings. The van der Waals surface area contributed by atoms with Crippen LogP contribution in [0.25, 0.3) is 0 Å². The topological polar surface area (TPSA) is 52.7 Å². The largest absolute Gasteiger partial charge is 0.336 e. The Morgan fingerprint density at radius 2 is 1.56 bits per heavy atom. The van der Waals surface area contributed by atoms with E-state index in [1.165, 1.54) is 0 Å². The van der Waals surface area contributed by atoms with Crippen LogP contribution in [0.3, 0.4) is 0 Å². The maximum atomic E-state index is 12.8.